The topological polar surface area (TPSA) is 82.4 Å². The molecule has 6 nitrogen and oxygen atoms in total. The zero-order valence-corrected chi connectivity index (χ0v) is 14.5. The fourth-order valence-electron chi connectivity index (χ4n) is 2.57. The van der Waals surface area contributed by atoms with Crippen molar-refractivity contribution >= 4 is 28.2 Å². The average molecular weight is 335 g/mol. The second-order valence-corrected chi connectivity index (χ2v) is 6.36. The molecule has 1 aliphatic rings. The Balaban J connectivity index is 2.27. The number of nitriles is 1. The highest BCUT2D eigenvalue weighted by atomic mass is 32.1. The number of carbonyl (C=O) groups is 2. The molecule has 0 saturated carbocycles. The van der Waals surface area contributed by atoms with Crippen molar-refractivity contribution in [3.63, 3.8) is 0 Å². The van der Waals surface area contributed by atoms with Gasteiger partial charge in [-0.3, -0.25) is 9.59 Å². The Morgan fingerprint density at radius 1 is 1.43 bits per heavy atom. The van der Waals surface area contributed by atoms with E-state index in [2.05, 4.69) is 11.4 Å². The number of nitrogens with zero attached hydrogens (tertiary/aromatic N) is 2. The maximum Gasteiger partial charge on any atom is 0.264 e. The second-order valence-electron chi connectivity index (χ2n) is 5.34. The molecule has 1 atom stereocenters. The molecule has 1 aliphatic heterocycles. The highest BCUT2D eigenvalue weighted by Gasteiger charge is 2.27. The molecule has 0 radical (unpaired) electrons. The van der Waals surface area contributed by atoms with Crippen LogP contribution in [0.2, 0.25) is 0 Å². The lowest BCUT2D eigenvalue weighted by molar-refractivity contribution is -0.124. The van der Waals surface area contributed by atoms with E-state index in [0.717, 1.165) is 17.8 Å². The minimum absolute atomic E-state index is 0.105. The zero-order chi connectivity index (χ0) is 17.0. The maximum atomic E-state index is 12.5. The van der Waals surface area contributed by atoms with Crippen molar-refractivity contribution in [2.45, 2.75) is 39.7 Å². The van der Waals surface area contributed by atoms with E-state index in [0.29, 0.717) is 47.1 Å². The molecular formula is C16H21N3O3S. The molecule has 2 heterocycles. The fraction of sp³-hybridized carbons (Fsp3) is 0.562. The number of thiophene rings is 1. The van der Waals surface area contributed by atoms with E-state index in [1.807, 2.05) is 13.8 Å². The first-order valence-electron chi connectivity index (χ1n) is 7.78. The van der Waals surface area contributed by atoms with E-state index in [9.17, 15) is 14.9 Å². The van der Waals surface area contributed by atoms with Crippen molar-refractivity contribution in [3.05, 3.63) is 16.0 Å². The molecule has 124 valence electrons. The number of anilines is 1. The van der Waals surface area contributed by atoms with E-state index >= 15 is 0 Å². The van der Waals surface area contributed by atoms with Gasteiger partial charge in [0.25, 0.3) is 11.8 Å². The summed E-state index contributed by atoms with van der Waals surface area (Å²) in [7, 11) is 0. The predicted octanol–water partition coefficient (Wildman–Crippen LogP) is 2.53. The summed E-state index contributed by atoms with van der Waals surface area (Å²) in [5.74, 6) is -0.353. The van der Waals surface area contributed by atoms with E-state index in [1.54, 1.807) is 11.8 Å². The van der Waals surface area contributed by atoms with Crippen LogP contribution in [0, 0.1) is 18.3 Å². The second kappa shape index (κ2) is 7.57. The van der Waals surface area contributed by atoms with Crippen LogP contribution in [0.4, 0.5) is 5.00 Å². The van der Waals surface area contributed by atoms with Crippen molar-refractivity contribution in [3.8, 4) is 6.07 Å². The van der Waals surface area contributed by atoms with Gasteiger partial charge in [0.1, 0.15) is 17.2 Å². The van der Waals surface area contributed by atoms with E-state index in [4.69, 9.17) is 4.74 Å². The van der Waals surface area contributed by atoms with Crippen LogP contribution < -0.4 is 5.32 Å². The first-order chi connectivity index (χ1) is 11.0. The van der Waals surface area contributed by atoms with Crippen LogP contribution >= 0.6 is 11.3 Å². The third kappa shape index (κ3) is 3.54. The molecule has 2 rings (SSSR count). The van der Waals surface area contributed by atoms with Gasteiger partial charge in [0.2, 0.25) is 0 Å². The number of hydrogen-bond donors (Lipinski definition) is 1. The van der Waals surface area contributed by atoms with E-state index in [1.165, 1.54) is 0 Å². The van der Waals surface area contributed by atoms with Crippen LogP contribution in [0.1, 0.15) is 47.5 Å². The van der Waals surface area contributed by atoms with Crippen molar-refractivity contribution in [1.82, 2.24) is 4.90 Å². The first-order valence-corrected chi connectivity index (χ1v) is 8.60. The number of rotatable bonds is 5. The van der Waals surface area contributed by atoms with Crippen LogP contribution in [-0.2, 0) is 9.53 Å². The minimum atomic E-state index is -0.467. The highest BCUT2D eigenvalue weighted by Crippen LogP contribution is 2.33. The number of hydrogen-bond acceptors (Lipinski definition) is 5. The first kappa shape index (κ1) is 17.4. The molecule has 23 heavy (non-hydrogen) atoms. The number of ether oxygens (including phenoxy) is 1. The molecule has 1 saturated heterocycles. The molecular weight excluding hydrogens is 314 g/mol. The van der Waals surface area contributed by atoms with Gasteiger partial charge in [0, 0.05) is 19.7 Å². The molecule has 1 aromatic heterocycles. The predicted molar refractivity (Wildman–Crippen MR) is 88.6 cm³/mol. The third-order valence-electron chi connectivity index (χ3n) is 3.96. The Kier molecular flexibility index (Phi) is 5.74. The van der Waals surface area contributed by atoms with Crippen LogP contribution in [0.3, 0.4) is 0 Å². The largest absolute Gasteiger partial charge is 0.368 e. The Morgan fingerprint density at radius 3 is 2.65 bits per heavy atom. The average Bonchev–Trinajstić information content (AvgIpc) is 3.16. The number of nitrogens with one attached hydrogen (secondary N) is 1. The molecule has 0 aromatic carbocycles. The summed E-state index contributed by atoms with van der Waals surface area (Å²) in [5.41, 5.74) is 0.980. The standard InChI is InChI=1S/C16H21N3O3S/c1-4-19(5-2)16(21)13-10(3)11(9-17)15(23-13)18-14(20)12-7-6-8-22-12/h12H,4-8H2,1-3H3,(H,18,20)/t12-/m0/s1. The molecule has 0 aliphatic carbocycles. The van der Waals surface area contributed by atoms with Gasteiger partial charge in [-0.2, -0.15) is 5.26 Å². The quantitative estimate of drug-likeness (QED) is 0.896. The Hall–Kier alpha value is -1.91. The normalized spacial score (nSPS) is 16.9. The van der Waals surface area contributed by atoms with Gasteiger partial charge in [-0.05, 0) is 39.2 Å². The minimum Gasteiger partial charge on any atom is -0.368 e. The summed E-state index contributed by atoms with van der Waals surface area (Å²) in [4.78, 5) is 26.9. The van der Waals surface area contributed by atoms with E-state index in [-0.39, 0.29) is 11.8 Å². The molecule has 1 fully saturated rings. The molecule has 0 spiro atoms. The van der Waals surface area contributed by atoms with Crippen molar-refractivity contribution < 1.29 is 14.3 Å². The molecule has 1 N–H and O–H groups in total. The SMILES string of the molecule is CCN(CC)C(=O)c1sc(NC(=O)[C@@H]2CCCO2)c(C#N)c1C. The summed E-state index contributed by atoms with van der Waals surface area (Å²) in [6.45, 7) is 7.36. The van der Waals surface area contributed by atoms with Gasteiger partial charge in [-0.25, -0.2) is 0 Å². The van der Waals surface area contributed by atoms with Gasteiger partial charge in [-0.1, -0.05) is 0 Å². The van der Waals surface area contributed by atoms with Gasteiger partial charge in [0.15, 0.2) is 0 Å². The third-order valence-corrected chi connectivity index (χ3v) is 5.16. The summed E-state index contributed by atoms with van der Waals surface area (Å²) in [5, 5.41) is 12.6. The van der Waals surface area contributed by atoms with Crippen LogP contribution in [0.5, 0.6) is 0 Å². The molecule has 0 unspecified atom stereocenters. The molecule has 7 heteroatoms. The highest BCUT2D eigenvalue weighted by molar-refractivity contribution is 7.18. The Bertz CT molecular complexity index is 638. The lowest BCUT2D eigenvalue weighted by Crippen LogP contribution is -2.30. The van der Waals surface area contributed by atoms with Crippen LogP contribution in [0.25, 0.3) is 0 Å². The van der Waals surface area contributed by atoms with Crippen LogP contribution in [0.15, 0.2) is 0 Å². The Morgan fingerprint density at radius 2 is 2.13 bits per heavy atom. The molecule has 1 aromatic rings. The maximum absolute atomic E-state index is 12.5. The molecule has 0 bridgehead atoms. The lowest BCUT2D eigenvalue weighted by Gasteiger charge is -2.17. The fourth-order valence-corrected chi connectivity index (χ4v) is 3.70. The van der Waals surface area contributed by atoms with Crippen LogP contribution in [-0.4, -0.2) is 42.5 Å². The van der Waals surface area contributed by atoms with E-state index < -0.39 is 6.10 Å². The summed E-state index contributed by atoms with van der Waals surface area (Å²) < 4.78 is 5.35. The van der Waals surface area contributed by atoms with Gasteiger partial charge in [-0.15, -0.1) is 11.3 Å². The zero-order valence-electron chi connectivity index (χ0n) is 13.6. The summed E-state index contributed by atoms with van der Waals surface area (Å²) in [6.07, 6.45) is 1.08. The van der Waals surface area contributed by atoms with Crippen molar-refractivity contribution in [1.29, 1.82) is 5.26 Å². The Labute approximate surface area is 140 Å². The smallest absolute Gasteiger partial charge is 0.264 e. The van der Waals surface area contributed by atoms with Gasteiger partial charge < -0.3 is 15.0 Å². The van der Waals surface area contributed by atoms with Crippen molar-refractivity contribution in [2.75, 3.05) is 25.0 Å². The summed E-state index contributed by atoms with van der Waals surface area (Å²) >= 11 is 1.16. The van der Waals surface area contributed by atoms with Gasteiger partial charge >= 0.3 is 0 Å². The monoisotopic (exact) mass is 335 g/mol. The molecule has 2 amide bonds. The van der Waals surface area contributed by atoms with Crippen molar-refractivity contribution in [2.24, 2.45) is 0 Å². The number of amides is 2. The summed E-state index contributed by atoms with van der Waals surface area (Å²) in [6, 6.07) is 2.09. The van der Waals surface area contributed by atoms with Gasteiger partial charge in [0.05, 0.1) is 10.4 Å². The lowest BCUT2D eigenvalue weighted by atomic mass is 10.1. The number of carbonyl (C=O) groups excluding carboxylic acids is 2.